The third-order valence-corrected chi connectivity index (χ3v) is 14.3. The molecule has 0 bridgehead atoms. The number of phosphoric ester groups is 1. The number of likely N-dealkylation sites (N-methyl/N-ethyl adjacent to an activating group) is 1. The number of amides is 1. The highest BCUT2D eigenvalue weighted by Crippen LogP contribution is 2.43. The van der Waals surface area contributed by atoms with Gasteiger partial charge >= 0.3 is 7.82 Å². The Morgan fingerprint density at radius 1 is 0.500 bits per heavy atom. The van der Waals surface area contributed by atoms with Crippen LogP contribution >= 0.6 is 7.82 Å². The van der Waals surface area contributed by atoms with Gasteiger partial charge in [0, 0.05) is 6.42 Å². The van der Waals surface area contributed by atoms with Crippen LogP contribution in [0.4, 0.5) is 0 Å². The van der Waals surface area contributed by atoms with Crippen molar-refractivity contribution >= 4 is 13.7 Å². The molecule has 8 nitrogen and oxygen atoms in total. The molecule has 0 radical (unpaired) electrons. The van der Waals surface area contributed by atoms with Crippen molar-refractivity contribution in [3.05, 3.63) is 36.5 Å². The summed E-state index contributed by atoms with van der Waals surface area (Å²) >= 11 is 0. The number of hydrogen-bond acceptors (Lipinski definition) is 5. The van der Waals surface area contributed by atoms with E-state index in [0.29, 0.717) is 17.4 Å². The summed E-state index contributed by atoms with van der Waals surface area (Å²) in [4.78, 5) is 23.3. The van der Waals surface area contributed by atoms with Gasteiger partial charge in [-0.1, -0.05) is 262 Å². The monoisotopic (exact) mass is 980 g/mol. The minimum Gasteiger partial charge on any atom is -0.387 e. The van der Waals surface area contributed by atoms with Crippen molar-refractivity contribution in [2.75, 3.05) is 40.9 Å². The van der Waals surface area contributed by atoms with Crippen molar-refractivity contribution in [2.24, 2.45) is 0 Å². The molecule has 1 amide bonds. The number of nitrogens with zero attached hydrogens (tertiary/aromatic N) is 1. The van der Waals surface area contributed by atoms with Gasteiger partial charge in [0.05, 0.1) is 39.9 Å². The molecule has 0 rings (SSSR count). The molecule has 0 aliphatic heterocycles. The van der Waals surface area contributed by atoms with Crippen LogP contribution in [0.25, 0.3) is 0 Å². The molecule has 68 heavy (non-hydrogen) atoms. The lowest BCUT2D eigenvalue weighted by molar-refractivity contribution is -0.870. The lowest BCUT2D eigenvalue weighted by atomic mass is 10.0. The molecule has 0 aromatic heterocycles. The van der Waals surface area contributed by atoms with E-state index in [9.17, 15) is 19.4 Å². The standard InChI is InChI=1S/C59H115N2O6P/c1-6-8-10-12-14-16-18-20-22-24-26-28-29-30-31-33-35-37-39-41-43-45-47-49-51-53-59(63)60-57(56-67-68(64,65)66-55-54-61(3,4)5)58(62)52-50-48-46-44-42-40-38-36-34-32-27-25-23-21-19-17-15-13-11-9-7-2/h18,20,24,26,50,52,57-58,62H,6-17,19,21-23,25,27-49,51,53-56H2,1-5H3,(H-,60,63,64,65)/p+1/b20-18-,26-24-,52-50+. The van der Waals surface area contributed by atoms with Crippen molar-refractivity contribution in [1.82, 2.24) is 5.32 Å². The fourth-order valence-corrected chi connectivity index (χ4v) is 9.46. The number of aliphatic hydroxyl groups is 1. The van der Waals surface area contributed by atoms with Gasteiger partial charge in [0.15, 0.2) is 0 Å². The smallest absolute Gasteiger partial charge is 0.387 e. The Morgan fingerprint density at radius 3 is 1.21 bits per heavy atom. The van der Waals surface area contributed by atoms with E-state index >= 15 is 0 Å². The van der Waals surface area contributed by atoms with Crippen molar-refractivity contribution < 1.29 is 32.9 Å². The van der Waals surface area contributed by atoms with Gasteiger partial charge in [0.2, 0.25) is 5.91 Å². The number of allylic oxidation sites excluding steroid dienone is 5. The molecule has 0 aliphatic carbocycles. The summed E-state index contributed by atoms with van der Waals surface area (Å²) in [6, 6.07) is -0.847. The second-order valence-corrected chi connectivity index (χ2v) is 22.8. The second kappa shape index (κ2) is 50.7. The first kappa shape index (κ1) is 66.7. The van der Waals surface area contributed by atoms with E-state index in [2.05, 4.69) is 43.5 Å². The molecule has 0 fully saturated rings. The average Bonchev–Trinajstić information content (AvgIpc) is 3.30. The summed E-state index contributed by atoms with van der Waals surface area (Å²) in [7, 11) is 1.58. The van der Waals surface area contributed by atoms with Crippen molar-refractivity contribution in [3.63, 3.8) is 0 Å². The van der Waals surface area contributed by atoms with Gasteiger partial charge < -0.3 is 19.8 Å². The van der Waals surface area contributed by atoms with Crippen LogP contribution in [0.1, 0.15) is 284 Å². The molecule has 0 aromatic carbocycles. The van der Waals surface area contributed by atoms with E-state index in [1.807, 2.05) is 27.2 Å². The average molecular weight is 981 g/mol. The molecule has 3 atom stereocenters. The first-order chi connectivity index (χ1) is 33.0. The van der Waals surface area contributed by atoms with E-state index in [-0.39, 0.29) is 19.1 Å². The maximum atomic E-state index is 13.0. The van der Waals surface area contributed by atoms with E-state index in [1.165, 1.54) is 218 Å². The summed E-state index contributed by atoms with van der Waals surface area (Å²) in [5.41, 5.74) is 0. The number of hydrogen-bond donors (Lipinski definition) is 3. The quantitative estimate of drug-likeness (QED) is 0.0243. The number of carbonyl (C=O) groups is 1. The van der Waals surface area contributed by atoms with E-state index in [4.69, 9.17) is 9.05 Å². The van der Waals surface area contributed by atoms with Crippen LogP contribution in [-0.2, 0) is 18.4 Å². The number of phosphoric acid groups is 1. The fraction of sp³-hybridized carbons (Fsp3) is 0.881. The van der Waals surface area contributed by atoms with Gasteiger partial charge in [-0.3, -0.25) is 13.8 Å². The molecule has 3 N–H and O–H groups in total. The highest BCUT2D eigenvalue weighted by Gasteiger charge is 2.27. The van der Waals surface area contributed by atoms with Gasteiger partial charge in [-0.05, 0) is 51.4 Å². The van der Waals surface area contributed by atoms with Crippen LogP contribution in [0, 0.1) is 0 Å². The van der Waals surface area contributed by atoms with Gasteiger partial charge in [-0.25, -0.2) is 4.57 Å². The summed E-state index contributed by atoms with van der Waals surface area (Å²) in [5, 5.41) is 14.0. The van der Waals surface area contributed by atoms with Crippen LogP contribution in [-0.4, -0.2) is 73.4 Å². The molecule has 0 spiro atoms. The topological polar surface area (TPSA) is 105 Å². The Morgan fingerprint density at radius 2 is 0.838 bits per heavy atom. The molecule has 0 aliphatic rings. The molecule has 0 aromatic rings. The summed E-state index contributed by atoms with van der Waals surface area (Å²) in [6.07, 6.45) is 65.2. The molecule has 3 unspecified atom stereocenters. The van der Waals surface area contributed by atoms with Crippen LogP contribution < -0.4 is 5.32 Å². The van der Waals surface area contributed by atoms with Crippen LogP contribution in [0.2, 0.25) is 0 Å². The normalized spacial score (nSPS) is 14.2. The molecule has 0 saturated carbocycles. The zero-order valence-corrected chi connectivity index (χ0v) is 46.8. The first-order valence-corrected chi connectivity index (χ1v) is 30.9. The Balaban J connectivity index is 4.19. The van der Waals surface area contributed by atoms with Crippen molar-refractivity contribution in [1.29, 1.82) is 0 Å². The van der Waals surface area contributed by atoms with Gasteiger partial charge in [-0.2, -0.15) is 0 Å². The molecular weight excluding hydrogens is 864 g/mol. The third kappa shape index (κ3) is 52.5. The van der Waals surface area contributed by atoms with Crippen molar-refractivity contribution in [2.45, 2.75) is 296 Å². The highest BCUT2D eigenvalue weighted by atomic mass is 31.2. The van der Waals surface area contributed by atoms with E-state index in [0.717, 1.165) is 44.9 Å². The Labute approximate surface area is 423 Å². The lowest BCUT2D eigenvalue weighted by Gasteiger charge is -2.25. The molecule has 9 heteroatoms. The fourth-order valence-electron chi connectivity index (χ4n) is 8.72. The maximum Gasteiger partial charge on any atom is 0.472 e. The Hall–Kier alpha value is -1.28. The van der Waals surface area contributed by atoms with Crippen LogP contribution in [0.3, 0.4) is 0 Å². The number of rotatable bonds is 54. The highest BCUT2D eigenvalue weighted by molar-refractivity contribution is 7.47. The Kier molecular flexibility index (Phi) is 49.7. The Bertz CT molecular complexity index is 1200. The zero-order valence-electron chi connectivity index (χ0n) is 45.9. The summed E-state index contributed by atoms with van der Waals surface area (Å²) in [6.45, 7) is 4.84. The maximum absolute atomic E-state index is 13.0. The lowest BCUT2D eigenvalue weighted by Crippen LogP contribution is -2.45. The SMILES string of the molecule is CCCCCCC/C=C\C/C=C\CCCCCCCCCCCCCCCC(=O)NC(COP(=O)(O)OCC[N+](C)(C)C)C(O)/C=C/CCCCCCCCCCCCCCCCCCCCC. The number of unbranched alkanes of at least 4 members (excludes halogenated alkanes) is 37. The number of carbonyl (C=O) groups excluding carboxylic acids is 1. The van der Waals surface area contributed by atoms with Crippen LogP contribution in [0.5, 0.6) is 0 Å². The number of quaternary nitrogens is 1. The summed E-state index contributed by atoms with van der Waals surface area (Å²) in [5.74, 6) is -0.174. The number of aliphatic hydroxyl groups excluding tert-OH is 1. The van der Waals surface area contributed by atoms with Crippen molar-refractivity contribution in [3.8, 4) is 0 Å². The first-order valence-electron chi connectivity index (χ1n) is 29.4. The molecular formula is C59H116N2O6P+. The predicted molar refractivity (Wildman–Crippen MR) is 295 cm³/mol. The molecule has 0 saturated heterocycles. The zero-order chi connectivity index (χ0) is 49.9. The van der Waals surface area contributed by atoms with Gasteiger partial charge in [0.1, 0.15) is 13.2 Å². The summed E-state index contributed by atoms with van der Waals surface area (Å²) < 4.78 is 23.7. The second-order valence-electron chi connectivity index (χ2n) is 21.4. The van der Waals surface area contributed by atoms with E-state index in [1.54, 1.807) is 6.08 Å². The predicted octanol–water partition coefficient (Wildman–Crippen LogP) is 17.8. The van der Waals surface area contributed by atoms with Gasteiger partial charge in [-0.15, -0.1) is 0 Å². The minimum atomic E-state index is -4.35. The minimum absolute atomic E-state index is 0.0623. The van der Waals surface area contributed by atoms with E-state index < -0.39 is 20.0 Å². The van der Waals surface area contributed by atoms with Gasteiger partial charge in [0.25, 0.3) is 0 Å². The third-order valence-electron chi connectivity index (χ3n) is 13.4. The molecule has 402 valence electrons. The largest absolute Gasteiger partial charge is 0.472 e. The van der Waals surface area contributed by atoms with Crippen LogP contribution in [0.15, 0.2) is 36.5 Å². The number of nitrogens with one attached hydrogen (secondary N) is 1. The molecule has 0 heterocycles.